The molecule has 240 valence electrons. The quantitative estimate of drug-likeness (QED) is 0.167. The highest BCUT2D eigenvalue weighted by Crippen LogP contribution is 2.55. The Morgan fingerprint density at radius 1 is 0.314 bits per heavy atom. The van der Waals surface area contributed by atoms with E-state index in [4.69, 9.17) is 0 Å². The molecule has 9 aromatic carbocycles. The van der Waals surface area contributed by atoms with Gasteiger partial charge in [-0.3, -0.25) is 0 Å². The van der Waals surface area contributed by atoms with E-state index < -0.39 is 0 Å². The monoisotopic (exact) mass is 648 g/mol. The van der Waals surface area contributed by atoms with Gasteiger partial charge in [0.05, 0.1) is 0 Å². The molecule has 9 aromatic rings. The standard InChI is InChI=1S/C51H36/c1-51(2)48-32-36(26-27-47(48)49-45-22-12-10-20-43(45)44-21-11-13-23-46(44)50(49)51)39-29-38(33-14-4-3-5-15-33)30-40(31-39)42-19-9-8-18-41(42)37-25-24-34-16-6-7-17-35(34)28-37/h3-32H,1-2H3. The lowest BCUT2D eigenvalue weighted by Crippen LogP contribution is -2.15. The lowest BCUT2D eigenvalue weighted by Gasteiger charge is -2.24. The van der Waals surface area contributed by atoms with Gasteiger partial charge in [-0.1, -0.05) is 166 Å². The summed E-state index contributed by atoms with van der Waals surface area (Å²) in [4.78, 5) is 0. The molecule has 0 bridgehead atoms. The predicted octanol–water partition coefficient (Wildman–Crippen LogP) is 14.1. The van der Waals surface area contributed by atoms with Crippen LogP contribution in [0.15, 0.2) is 182 Å². The van der Waals surface area contributed by atoms with Crippen LogP contribution >= 0.6 is 0 Å². The maximum Gasteiger partial charge on any atom is 0.0165 e. The van der Waals surface area contributed by atoms with E-state index in [1.807, 2.05) is 0 Å². The first kappa shape index (κ1) is 29.7. The first-order chi connectivity index (χ1) is 25.0. The maximum atomic E-state index is 2.47. The highest BCUT2D eigenvalue weighted by Gasteiger charge is 2.38. The summed E-state index contributed by atoms with van der Waals surface area (Å²) >= 11 is 0. The Morgan fingerprint density at radius 2 is 0.863 bits per heavy atom. The molecule has 0 aliphatic heterocycles. The molecular weight excluding hydrogens is 613 g/mol. The van der Waals surface area contributed by atoms with Crippen LogP contribution in [-0.4, -0.2) is 0 Å². The van der Waals surface area contributed by atoms with E-state index in [9.17, 15) is 0 Å². The molecule has 0 spiro atoms. The summed E-state index contributed by atoms with van der Waals surface area (Å²) in [5.74, 6) is 0. The molecule has 51 heavy (non-hydrogen) atoms. The Hall–Kier alpha value is -6.24. The largest absolute Gasteiger partial charge is 0.0622 e. The Balaban J connectivity index is 1.18. The fourth-order valence-electron chi connectivity index (χ4n) is 8.75. The summed E-state index contributed by atoms with van der Waals surface area (Å²) in [5.41, 5.74) is 15.2. The maximum absolute atomic E-state index is 2.47. The van der Waals surface area contributed by atoms with Crippen LogP contribution in [0.2, 0.25) is 0 Å². The normalized spacial score (nSPS) is 13.1. The molecule has 1 aliphatic carbocycles. The molecule has 0 saturated heterocycles. The van der Waals surface area contributed by atoms with E-state index in [1.165, 1.54) is 99.1 Å². The number of benzene rings is 9. The molecule has 0 heterocycles. The van der Waals surface area contributed by atoms with Crippen molar-refractivity contribution in [3.63, 3.8) is 0 Å². The van der Waals surface area contributed by atoms with Crippen molar-refractivity contribution in [3.05, 3.63) is 193 Å². The zero-order valence-corrected chi connectivity index (χ0v) is 28.8. The van der Waals surface area contributed by atoms with Crippen LogP contribution in [0.3, 0.4) is 0 Å². The lowest BCUT2D eigenvalue weighted by atomic mass is 9.78. The lowest BCUT2D eigenvalue weighted by molar-refractivity contribution is 0.667. The van der Waals surface area contributed by atoms with Crippen molar-refractivity contribution in [1.29, 1.82) is 0 Å². The van der Waals surface area contributed by atoms with Gasteiger partial charge in [0.15, 0.2) is 0 Å². The molecular formula is C51H36. The zero-order valence-electron chi connectivity index (χ0n) is 28.8. The Bertz CT molecular complexity index is 2820. The molecule has 0 heteroatoms. The summed E-state index contributed by atoms with van der Waals surface area (Å²) in [7, 11) is 0. The molecule has 0 nitrogen and oxygen atoms in total. The summed E-state index contributed by atoms with van der Waals surface area (Å²) < 4.78 is 0. The van der Waals surface area contributed by atoms with Crippen LogP contribution in [0.1, 0.15) is 25.0 Å². The van der Waals surface area contributed by atoms with Crippen molar-refractivity contribution in [2.45, 2.75) is 19.3 Å². The highest BCUT2D eigenvalue weighted by atomic mass is 14.4. The predicted molar refractivity (Wildman–Crippen MR) is 218 cm³/mol. The van der Waals surface area contributed by atoms with Crippen LogP contribution in [0, 0.1) is 0 Å². The van der Waals surface area contributed by atoms with E-state index >= 15 is 0 Å². The third-order valence-electron chi connectivity index (χ3n) is 11.2. The smallest absolute Gasteiger partial charge is 0.0165 e. The molecule has 0 saturated carbocycles. The molecule has 0 aromatic heterocycles. The van der Waals surface area contributed by atoms with Crippen LogP contribution in [-0.2, 0) is 5.41 Å². The SMILES string of the molecule is CC1(C)c2cc(-c3cc(-c4ccccc4)cc(-c4ccccc4-c4ccc5ccccc5c4)c3)ccc2-c2c1c1ccccc1c1ccccc21. The third kappa shape index (κ3) is 4.68. The first-order valence-corrected chi connectivity index (χ1v) is 17.9. The van der Waals surface area contributed by atoms with E-state index in [1.54, 1.807) is 0 Å². The number of rotatable bonds is 4. The van der Waals surface area contributed by atoms with Crippen molar-refractivity contribution in [3.8, 4) is 55.6 Å². The van der Waals surface area contributed by atoms with Crippen LogP contribution < -0.4 is 0 Å². The van der Waals surface area contributed by atoms with Gasteiger partial charge in [-0.2, -0.15) is 0 Å². The molecule has 0 atom stereocenters. The van der Waals surface area contributed by atoms with Gasteiger partial charge >= 0.3 is 0 Å². The molecule has 0 amide bonds. The third-order valence-corrected chi connectivity index (χ3v) is 11.2. The van der Waals surface area contributed by atoms with E-state index in [0.717, 1.165) is 0 Å². The second-order valence-electron chi connectivity index (χ2n) is 14.5. The van der Waals surface area contributed by atoms with E-state index in [2.05, 4.69) is 196 Å². The fourth-order valence-corrected chi connectivity index (χ4v) is 8.75. The molecule has 1 aliphatic rings. The van der Waals surface area contributed by atoms with Gasteiger partial charge in [0, 0.05) is 5.41 Å². The molecule has 0 N–H and O–H groups in total. The fraction of sp³-hybridized carbons (Fsp3) is 0.0588. The van der Waals surface area contributed by atoms with Gasteiger partial charge < -0.3 is 0 Å². The minimum absolute atomic E-state index is 0.160. The van der Waals surface area contributed by atoms with E-state index in [0.29, 0.717) is 0 Å². The molecule has 0 radical (unpaired) electrons. The van der Waals surface area contributed by atoms with Gasteiger partial charge in [0.2, 0.25) is 0 Å². The number of hydrogen-bond acceptors (Lipinski definition) is 0. The van der Waals surface area contributed by atoms with Crippen LogP contribution in [0.5, 0.6) is 0 Å². The van der Waals surface area contributed by atoms with Crippen LogP contribution in [0.25, 0.3) is 88.0 Å². The van der Waals surface area contributed by atoms with E-state index in [-0.39, 0.29) is 5.41 Å². The van der Waals surface area contributed by atoms with Crippen molar-refractivity contribution < 1.29 is 0 Å². The summed E-state index contributed by atoms with van der Waals surface area (Å²) in [6.07, 6.45) is 0. The second-order valence-corrected chi connectivity index (χ2v) is 14.5. The Kier molecular flexibility index (Phi) is 6.63. The van der Waals surface area contributed by atoms with Crippen molar-refractivity contribution in [2.75, 3.05) is 0 Å². The summed E-state index contributed by atoms with van der Waals surface area (Å²) in [6, 6.07) is 67.3. The minimum Gasteiger partial charge on any atom is -0.0622 e. The van der Waals surface area contributed by atoms with Crippen molar-refractivity contribution in [2.24, 2.45) is 0 Å². The summed E-state index contributed by atoms with van der Waals surface area (Å²) in [5, 5.41) is 7.86. The Morgan fingerprint density at radius 3 is 1.63 bits per heavy atom. The van der Waals surface area contributed by atoms with Gasteiger partial charge in [0.1, 0.15) is 0 Å². The second kappa shape index (κ2) is 11.4. The van der Waals surface area contributed by atoms with Crippen LogP contribution in [0.4, 0.5) is 0 Å². The Labute approximate surface area is 299 Å². The highest BCUT2D eigenvalue weighted by molar-refractivity contribution is 6.18. The van der Waals surface area contributed by atoms with Gasteiger partial charge in [-0.15, -0.1) is 0 Å². The van der Waals surface area contributed by atoms with Gasteiger partial charge in [-0.25, -0.2) is 0 Å². The zero-order chi connectivity index (χ0) is 34.1. The number of fused-ring (bicyclic) bond motifs is 9. The van der Waals surface area contributed by atoms with Crippen molar-refractivity contribution >= 4 is 32.3 Å². The minimum atomic E-state index is -0.160. The average molecular weight is 649 g/mol. The van der Waals surface area contributed by atoms with Gasteiger partial charge in [0.25, 0.3) is 0 Å². The molecule has 0 fully saturated rings. The van der Waals surface area contributed by atoms with Gasteiger partial charge in [-0.05, 0) is 129 Å². The topological polar surface area (TPSA) is 0 Å². The molecule has 10 rings (SSSR count). The van der Waals surface area contributed by atoms with Crippen molar-refractivity contribution in [1.82, 2.24) is 0 Å². The summed E-state index contributed by atoms with van der Waals surface area (Å²) in [6.45, 7) is 4.82. The molecule has 0 unspecified atom stereocenters. The average Bonchev–Trinajstić information content (AvgIpc) is 3.44. The first-order valence-electron chi connectivity index (χ1n) is 17.9. The number of hydrogen-bond donors (Lipinski definition) is 0.